The molecule has 1 unspecified atom stereocenters. The molecule has 1 N–H and O–H groups in total. The Kier molecular flexibility index (Phi) is 4.57. The number of nitro groups is 1. The second-order valence-corrected chi connectivity index (χ2v) is 8.36. The van der Waals surface area contributed by atoms with E-state index in [1.54, 1.807) is 17.0 Å². The molecule has 6 heteroatoms. The number of nitro benzene ring substituents is 1. The first-order valence-corrected chi connectivity index (χ1v) is 9.80. The van der Waals surface area contributed by atoms with Crippen molar-refractivity contribution in [2.75, 3.05) is 18.4 Å². The van der Waals surface area contributed by atoms with Crippen LogP contribution in [0.3, 0.4) is 0 Å². The monoisotopic (exact) mass is 379 g/mol. The molecule has 0 aromatic heterocycles. The zero-order valence-electron chi connectivity index (χ0n) is 16.3. The molecule has 28 heavy (non-hydrogen) atoms. The van der Waals surface area contributed by atoms with Crippen LogP contribution in [-0.2, 0) is 5.41 Å². The lowest BCUT2D eigenvalue weighted by Gasteiger charge is -2.20. The Morgan fingerprint density at radius 3 is 2.61 bits per heavy atom. The van der Waals surface area contributed by atoms with Crippen molar-refractivity contribution in [1.82, 2.24) is 4.90 Å². The van der Waals surface area contributed by atoms with Crippen molar-refractivity contribution in [3.05, 3.63) is 69.3 Å². The van der Waals surface area contributed by atoms with E-state index < -0.39 is 4.92 Å². The van der Waals surface area contributed by atoms with Crippen LogP contribution in [-0.4, -0.2) is 28.8 Å². The fourth-order valence-corrected chi connectivity index (χ4v) is 4.52. The Labute approximate surface area is 164 Å². The fourth-order valence-electron chi connectivity index (χ4n) is 4.52. The van der Waals surface area contributed by atoms with E-state index in [0.29, 0.717) is 13.1 Å². The van der Waals surface area contributed by atoms with E-state index in [9.17, 15) is 14.9 Å². The predicted octanol–water partition coefficient (Wildman–Crippen LogP) is 4.67. The van der Waals surface area contributed by atoms with Crippen LogP contribution in [0.4, 0.5) is 11.4 Å². The molecule has 1 saturated heterocycles. The number of hydrogen-bond acceptors (Lipinski definition) is 4. The third-order valence-electron chi connectivity index (χ3n) is 5.94. The van der Waals surface area contributed by atoms with Gasteiger partial charge in [0.2, 0.25) is 0 Å². The molecule has 1 amide bonds. The first-order chi connectivity index (χ1) is 13.4. The number of amides is 1. The maximum Gasteiger partial charge on any atom is 0.282 e. The summed E-state index contributed by atoms with van der Waals surface area (Å²) in [6.45, 7) is 5.78. The van der Waals surface area contributed by atoms with Crippen molar-refractivity contribution in [2.24, 2.45) is 0 Å². The smallest absolute Gasteiger partial charge is 0.282 e. The van der Waals surface area contributed by atoms with Crippen molar-refractivity contribution >= 4 is 17.3 Å². The fraction of sp³-hybridized carbons (Fsp3) is 0.409. The van der Waals surface area contributed by atoms with Crippen LogP contribution in [0.1, 0.15) is 60.6 Å². The van der Waals surface area contributed by atoms with Crippen LogP contribution in [0, 0.1) is 10.1 Å². The molecule has 1 heterocycles. The normalized spacial score (nSPS) is 20.1. The van der Waals surface area contributed by atoms with Crippen molar-refractivity contribution in [3.63, 3.8) is 0 Å². The second-order valence-electron chi connectivity index (χ2n) is 8.36. The molecule has 2 aliphatic rings. The third kappa shape index (κ3) is 3.23. The van der Waals surface area contributed by atoms with Gasteiger partial charge in [0.15, 0.2) is 0 Å². The van der Waals surface area contributed by atoms with Gasteiger partial charge in [-0.2, -0.15) is 0 Å². The molecule has 0 spiro atoms. The maximum atomic E-state index is 12.9. The maximum absolute atomic E-state index is 12.9. The molecule has 6 nitrogen and oxygen atoms in total. The number of likely N-dealkylation sites (tertiary alicyclic amines) is 1. The van der Waals surface area contributed by atoms with E-state index in [0.717, 1.165) is 24.9 Å². The van der Waals surface area contributed by atoms with Gasteiger partial charge in [0, 0.05) is 24.8 Å². The number of hydrogen-bond donors (Lipinski definition) is 1. The summed E-state index contributed by atoms with van der Waals surface area (Å²) in [6, 6.07) is 13.3. The largest absolute Gasteiger partial charge is 0.378 e. The molecular weight excluding hydrogens is 354 g/mol. The average molecular weight is 379 g/mol. The van der Waals surface area contributed by atoms with E-state index in [4.69, 9.17) is 0 Å². The van der Waals surface area contributed by atoms with Crippen molar-refractivity contribution < 1.29 is 9.72 Å². The molecule has 2 aromatic carbocycles. The quantitative estimate of drug-likeness (QED) is 0.619. The highest BCUT2D eigenvalue weighted by atomic mass is 16.6. The minimum absolute atomic E-state index is 0.0588. The van der Waals surface area contributed by atoms with E-state index in [2.05, 4.69) is 37.4 Å². The van der Waals surface area contributed by atoms with Crippen molar-refractivity contribution in [1.29, 1.82) is 0 Å². The lowest BCUT2D eigenvalue weighted by molar-refractivity contribution is -0.385. The highest BCUT2D eigenvalue weighted by Crippen LogP contribution is 2.45. The molecule has 0 saturated carbocycles. The zero-order valence-corrected chi connectivity index (χ0v) is 16.3. The Bertz CT molecular complexity index is 932. The van der Waals surface area contributed by atoms with Crippen LogP contribution in [0.25, 0.3) is 0 Å². The summed E-state index contributed by atoms with van der Waals surface area (Å²) < 4.78 is 0. The molecule has 2 aromatic rings. The van der Waals surface area contributed by atoms with Crippen molar-refractivity contribution in [2.45, 2.75) is 44.6 Å². The van der Waals surface area contributed by atoms with Gasteiger partial charge in [-0.05, 0) is 47.9 Å². The summed E-state index contributed by atoms with van der Waals surface area (Å²) >= 11 is 0. The molecule has 0 bridgehead atoms. The van der Waals surface area contributed by atoms with Crippen molar-refractivity contribution in [3.8, 4) is 0 Å². The summed E-state index contributed by atoms with van der Waals surface area (Å²) in [6.07, 6.45) is 2.83. The summed E-state index contributed by atoms with van der Waals surface area (Å²) in [7, 11) is 0. The summed E-state index contributed by atoms with van der Waals surface area (Å²) in [5.41, 5.74) is 3.41. The molecule has 0 radical (unpaired) electrons. The number of carbonyl (C=O) groups is 1. The minimum Gasteiger partial charge on any atom is -0.378 e. The zero-order chi connectivity index (χ0) is 19.9. The van der Waals surface area contributed by atoms with Gasteiger partial charge in [-0.1, -0.05) is 38.1 Å². The van der Waals surface area contributed by atoms with Crippen LogP contribution < -0.4 is 5.32 Å². The van der Waals surface area contributed by atoms with Crippen LogP contribution in [0.5, 0.6) is 0 Å². The van der Waals surface area contributed by atoms with Gasteiger partial charge in [-0.25, -0.2) is 0 Å². The van der Waals surface area contributed by atoms with Gasteiger partial charge in [0.25, 0.3) is 11.6 Å². The van der Waals surface area contributed by atoms with Gasteiger partial charge in [0.05, 0.1) is 11.0 Å². The number of carbonyl (C=O) groups excluding carboxylic acids is 1. The molecule has 1 atom stereocenters. The number of benzene rings is 2. The van der Waals surface area contributed by atoms with Gasteiger partial charge in [0.1, 0.15) is 5.56 Å². The summed E-state index contributed by atoms with van der Waals surface area (Å²) in [4.78, 5) is 25.6. The number of fused-ring (bicyclic) bond motifs is 1. The Balaban J connectivity index is 1.65. The molecule has 1 aliphatic heterocycles. The van der Waals surface area contributed by atoms with E-state index >= 15 is 0 Å². The molecule has 1 fully saturated rings. The van der Waals surface area contributed by atoms with E-state index in [1.807, 2.05) is 6.07 Å². The van der Waals surface area contributed by atoms with E-state index in [-0.39, 0.29) is 28.6 Å². The summed E-state index contributed by atoms with van der Waals surface area (Å²) in [5, 5.41) is 15.0. The number of nitrogens with zero attached hydrogens (tertiary/aromatic N) is 2. The molecule has 1 aliphatic carbocycles. The number of nitrogens with one attached hydrogen (secondary N) is 1. The van der Waals surface area contributed by atoms with Crippen LogP contribution >= 0.6 is 0 Å². The molecule has 146 valence electrons. The number of anilines is 1. The van der Waals surface area contributed by atoms with Crippen LogP contribution in [0.2, 0.25) is 0 Å². The first-order valence-electron chi connectivity index (χ1n) is 9.80. The highest BCUT2D eigenvalue weighted by Gasteiger charge is 2.36. The first kappa shape index (κ1) is 18.5. The Morgan fingerprint density at radius 1 is 1.18 bits per heavy atom. The Hall–Kier alpha value is -2.89. The molecule has 4 rings (SSSR count). The van der Waals surface area contributed by atoms with Gasteiger partial charge in [-0.15, -0.1) is 0 Å². The lowest BCUT2D eigenvalue weighted by atomic mass is 9.86. The van der Waals surface area contributed by atoms with Crippen LogP contribution in [0.15, 0.2) is 42.5 Å². The topological polar surface area (TPSA) is 75.5 Å². The third-order valence-corrected chi connectivity index (χ3v) is 5.94. The van der Waals surface area contributed by atoms with Gasteiger partial charge >= 0.3 is 0 Å². The Morgan fingerprint density at radius 2 is 1.89 bits per heavy atom. The SMILES string of the molecule is CC1(C)CC(Nc2ccc([N+](=O)[O-])c(C(=O)N3CCCC3)c2)c2ccccc21. The molecular formula is C22H25N3O3. The lowest BCUT2D eigenvalue weighted by Crippen LogP contribution is -2.28. The van der Waals surface area contributed by atoms with Gasteiger partial charge < -0.3 is 10.2 Å². The predicted molar refractivity (Wildman–Crippen MR) is 109 cm³/mol. The standard InChI is InChI=1S/C22H25N3O3/c1-22(2)14-19(16-7-3-4-8-18(16)22)23-15-9-10-20(25(27)28)17(13-15)21(26)24-11-5-6-12-24/h3-4,7-10,13,19,23H,5-6,11-12,14H2,1-2H3. The second kappa shape index (κ2) is 6.93. The van der Waals surface area contributed by atoms with E-state index in [1.165, 1.54) is 17.2 Å². The average Bonchev–Trinajstić information content (AvgIpc) is 3.28. The minimum atomic E-state index is -0.471. The van der Waals surface area contributed by atoms with Gasteiger partial charge in [-0.3, -0.25) is 14.9 Å². The highest BCUT2D eigenvalue weighted by molar-refractivity contribution is 5.99. The number of rotatable bonds is 4. The summed E-state index contributed by atoms with van der Waals surface area (Å²) in [5.74, 6) is -0.250.